The van der Waals surface area contributed by atoms with Crippen molar-refractivity contribution in [3.05, 3.63) is 0 Å². The average molecular weight is 502 g/mol. The number of carbonyl (C=O) groups excluding carboxylic acids is 2. The summed E-state index contributed by atoms with van der Waals surface area (Å²) < 4.78 is 5.67. The van der Waals surface area contributed by atoms with Crippen LogP contribution >= 0.6 is 0 Å². The molecule has 0 aromatic rings. The maximum atomic E-state index is 11.7. The number of rotatable bonds is 7. The lowest BCUT2D eigenvalue weighted by Gasteiger charge is -2.61. The number of carbonyl (C=O) groups is 2. The van der Waals surface area contributed by atoms with Crippen LogP contribution in [0.25, 0.3) is 0 Å². The van der Waals surface area contributed by atoms with Gasteiger partial charge in [0.25, 0.3) is 0 Å². The van der Waals surface area contributed by atoms with Crippen molar-refractivity contribution in [3.63, 3.8) is 0 Å². The lowest BCUT2D eigenvalue weighted by Crippen LogP contribution is -2.57. The predicted molar refractivity (Wildman–Crippen MR) is 143 cm³/mol. The topological polar surface area (TPSA) is 65.0 Å². The van der Waals surface area contributed by atoms with Crippen molar-refractivity contribution in [2.24, 2.45) is 57.4 Å². The smallest absolute Gasteiger partial charge is 0.331 e. The highest BCUT2D eigenvalue weighted by Crippen LogP contribution is 2.68. The molecule has 4 saturated carbocycles. The first-order valence-corrected chi connectivity index (χ1v) is 14.9. The first kappa shape index (κ1) is 27.6. The molecule has 0 saturated heterocycles. The first-order valence-electron chi connectivity index (χ1n) is 14.9. The molecule has 0 aromatic heterocycles. The molecule has 0 bridgehead atoms. The Bertz CT molecular complexity index is 852. The van der Waals surface area contributed by atoms with Gasteiger partial charge in [-0.25, -0.2) is 4.79 Å². The summed E-state index contributed by atoms with van der Waals surface area (Å²) in [6, 6.07) is 0. The summed E-state index contributed by atoms with van der Waals surface area (Å²) >= 11 is 0. The van der Waals surface area contributed by atoms with Crippen molar-refractivity contribution >= 4 is 17.7 Å². The second-order valence-corrected chi connectivity index (χ2v) is 13.8. The van der Waals surface area contributed by atoms with Crippen LogP contribution in [0, 0.1) is 52.3 Å². The van der Waals surface area contributed by atoms with Crippen LogP contribution in [0.2, 0.25) is 0 Å². The summed E-state index contributed by atoms with van der Waals surface area (Å²) in [6.45, 7) is 15.2. The normalized spacial score (nSPS) is 41.8. The van der Waals surface area contributed by atoms with Gasteiger partial charge in [0.1, 0.15) is 6.10 Å². The third-order valence-corrected chi connectivity index (χ3v) is 11.3. The molecule has 0 heterocycles. The number of oxime groups is 1. The largest absolute Gasteiger partial charge is 0.463 e. The molecule has 0 amide bonds. The number of ether oxygens (including phenoxy) is 1. The van der Waals surface area contributed by atoms with Crippen molar-refractivity contribution in [2.45, 2.75) is 125 Å². The molecule has 0 unspecified atom stereocenters. The Hall–Kier alpha value is -1.39. The molecule has 4 fully saturated rings. The van der Waals surface area contributed by atoms with E-state index in [1.807, 2.05) is 0 Å². The van der Waals surface area contributed by atoms with Crippen molar-refractivity contribution in [1.29, 1.82) is 0 Å². The molecule has 9 atom stereocenters. The zero-order chi connectivity index (χ0) is 26.3. The standard InChI is InChI=1S/C31H51NO4/c1-19(2)9-8-10-20(3)25-11-12-26-24-18-29(32-36-22(5)34)28-17-23(35-21(4)33)13-15-31(28,7)27(24)14-16-30(25,26)6/h19-20,23-28H,8-18H2,1-7H3/b32-29-/t20-,23+,24-,25-,26+,27+,28-,30+,31-/m1/s1. The van der Waals surface area contributed by atoms with Crippen molar-refractivity contribution in [1.82, 2.24) is 0 Å². The van der Waals surface area contributed by atoms with E-state index in [1.165, 1.54) is 58.8 Å². The zero-order valence-electron chi connectivity index (χ0n) is 24.0. The summed E-state index contributed by atoms with van der Waals surface area (Å²) in [5.41, 5.74) is 1.58. The zero-order valence-corrected chi connectivity index (χ0v) is 24.0. The Morgan fingerprint density at radius 3 is 2.31 bits per heavy atom. The minimum atomic E-state index is -0.358. The molecule has 0 N–H and O–H groups in total. The van der Waals surface area contributed by atoms with Gasteiger partial charge in [-0.1, -0.05) is 59.0 Å². The molecule has 204 valence electrons. The molecule has 0 aromatic carbocycles. The van der Waals surface area contributed by atoms with Gasteiger partial charge in [0.2, 0.25) is 0 Å². The van der Waals surface area contributed by atoms with Crippen molar-refractivity contribution in [2.75, 3.05) is 0 Å². The van der Waals surface area contributed by atoms with Crippen LogP contribution in [0.4, 0.5) is 0 Å². The number of fused-ring (bicyclic) bond motifs is 5. The van der Waals surface area contributed by atoms with E-state index in [0.717, 1.165) is 55.1 Å². The quantitative estimate of drug-likeness (QED) is 0.205. The summed E-state index contributed by atoms with van der Waals surface area (Å²) in [5.74, 6) is 4.05. The van der Waals surface area contributed by atoms with Crippen LogP contribution in [-0.2, 0) is 19.2 Å². The molecule has 5 nitrogen and oxygen atoms in total. The molecule has 4 aliphatic rings. The number of esters is 1. The second kappa shape index (κ2) is 10.8. The van der Waals surface area contributed by atoms with Gasteiger partial charge in [0.15, 0.2) is 0 Å². The average Bonchev–Trinajstić information content (AvgIpc) is 3.14. The molecule has 0 aliphatic heterocycles. The fourth-order valence-electron chi connectivity index (χ4n) is 9.62. The Kier molecular flexibility index (Phi) is 8.27. The van der Waals surface area contributed by atoms with E-state index in [2.05, 4.69) is 39.8 Å². The minimum absolute atomic E-state index is 0.0592. The number of hydrogen-bond acceptors (Lipinski definition) is 5. The van der Waals surface area contributed by atoms with Crippen LogP contribution in [0.15, 0.2) is 5.16 Å². The predicted octanol–water partition coefficient (Wildman–Crippen LogP) is 7.57. The van der Waals surface area contributed by atoms with Crippen LogP contribution < -0.4 is 0 Å². The van der Waals surface area contributed by atoms with Gasteiger partial charge in [0.05, 0.1) is 5.71 Å². The fourth-order valence-corrected chi connectivity index (χ4v) is 9.62. The molecule has 5 heteroatoms. The van der Waals surface area contributed by atoms with Crippen molar-refractivity contribution in [3.8, 4) is 0 Å². The van der Waals surface area contributed by atoms with E-state index >= 15 is 0 Å². The van der Waals surface area contributed by atoms with E-state index in [4.69, 9.17) is 9.57 Å². The van der Waals surface area contributed by atoms with E-state index in [9.17, 15) is 9.59 Å². The molecular formula is C31H51NO4. The van der Waals surface area contributed by atoms with Gasteiger partial charge in [-0.05, 0) is 97.7 Å². The number of nitrogens with zero attached hydrogens (tertiary/aromatic N) is 1. The third kappa shape index (κ3) is 5.27. The third-order valence-electron chi connectivity index (χ3n) is 11.3. The van der Waals surface area contributed by atoms with Crippen LogP contribution in [0.3, 0.4) is 0 Å². The molecule has 4 aliphatic carbocycles. The molecule has 4 rings (SSSR count). The minimum Gasteiger partial charge on any atom is -0.463 e. The summed E-state index contributed by atoms with van der Waals surface area (Å²) in [6.07, 6.45) is 13.0. The highest BCUT2D eigenvalue weighted by atomic mass is 16.7. The van der Waals surface area contributed by atoms with Crippen molar-refractivity contribution < 1.29 is 19.2 Å². The highest BCUT2D eigenvalue weighted by molar-refractivity contribution is 5.89. The number of hydrogen-bond donors (Lipinski definition) is 0. The van der Waals surface area contributed by atoms with E-state index in [1.54, 1.807) is 0 Å². The van der Waals surface area contributed by atoms with Crippen LogP contribution in [-0.4, -0.2) is 23.8 Å². The SMILES string of the molecule is CC(=O)O/N=C1/C[C@H]2[C@H](CC[C@@]3(C)[C@@H]([C@H](C)CCCC(C)C)CC[C@@H]23)[C@@]2(C)CC[C@H](OC(C)=O)C[C@H]12. The van der Waals surface area contributed by atoms with E-state index in [-0.39, 0.29) is 29.4 Å². The van der Waals surface area contributed by atoms with E-state index in [0.29, 0.717) is 17.3 Å². The summed E-state index contributed by atoms with van der Waals surface area (Å²) in [5, 5.41) is 4.49. The Labute approximate surface area is 219 Å². The lowest BCUT2D eigenvalue weighted by atomic mass is 9.44. The van der Waals surface area contributed by atoms with Gasteiger partial charge in [0, 0.05) is 19.8 Å². The summed E-state index contributed by atoms with van der Waals surface area (Å²) in [4.78, 5) is 28.7. The maximum Gasteiger partial charge on any atom is 0.331 e. The second-order valence-electron chi connectivity index (χ2n) is 13.8. The first-order chi connectivity index (χ1) is 17.0. The summed E-state index contributed by atoms with van der Waals surface area (Å²) in [7, 11) is 0. The maximum absolute atomic E-state index is 11.7. The monoisotopic (exact) mass is 501 g/mol. The molecule has 0 radical (unpaired) electrons. The Morgan fingerprint density at radius 1 is 0.944 bits per heavy atom. The van der Waals surface area contributed by atoms with Crippen LogP contribution in [0.5, 0.6) is 0 Å². The van der Waals surface area contributed by atoms with Gasteiger partial charge in [-0.2, -0.15) is 0 Å². The molecule has 36 heavy (non-hydrogen) atoms. The highest BCUT2D eigenvalue weighted by Gasteiger charge is 2.62. The Balaban J connectivity index is 1.57. The van der Waals surface area contributed by atoms with Gasteiger partial charge < -0.3 is 9.57 Å². The van der Waals surface area contributed by atoms with Crippen LogP contribution in [0.1, 0.15) is 119 Å². The van der Waals surface area contributed by atoms with Gasteiger partial charge in [-0.3, -0.25) is 4.79 Å². The molecular weight excluding hydrogens is 450 g/mol. The lowest BCUT2D eigenvalue weighted by molar-refractivity contribution is -0.153. The van der Waals surface area contributed by atoms with Gasteiger partial charge in [-0.15, -0.1) is 0 Å². The van der Waals surface area contributed by atoms with E-state index < -0.39 is 0 Å². The Morgan fingerprint density at radius 2 is 1.64 bits per heavy atom. The fraction of sp³-hybridized carbons (Fsp3) is 0.903. The molecule has 0 spiro atoms. The van der Waals surface area contributed by atoms with Gasteiger partial charge >= 0.3 is 11.9 Å².